The molecule has 14 heavy (non-hydrogen) atoms. The van der Waals surface area contributed by atoms with Crippen molar-refractivity contribution in [3.63, 3.8) is 0 Å². The predicted octanol–water partition coefficient (Wildman–Crippen LogP) is 2.40. The first-order valence-electron chi connectivity index (χ1n) is 4.94. The Morgan fingerprint density at radius 1 is 1.50 bits per heavy atom. The zero-order valence-corrected chi connectivity index (χ0v) is 9.80. The van der Waals surface area contributed by atoms with Gasteiger partial charge in [-0.2, -0.15) is 0 Å². The molecule has 3 nitrogen and oxygen atoms in total. The molecule has 0 aliphatic heterocycles. The van der Waals surface area contributed by atoms with E-state index in [1.165, 1.54) is 0 Å². The number of rotatable bonds is 6. The van der Waals surface area contributed by atoms with Crippen molar-refractivity contribution >= 4 is 11.8 Å². The molecular weight excluding hydrogens is 196 g/mol. The molecule has 1 aromatic rings. The molecule has 1 aromatic heterocycles. The van der Waals surface area contributed by atoms with Gasteiger partial charge in [0.05, 0.1) is 6.20 Å². The third kappa shape index (κ3) is 4.67. The minimum Gasteiger partial charge on any atom is -0.440 e. The van der Waals surface area contributed by atoms with Gasteiger partial charge in [0.2, 0.25) is 0 Å². The molecular formula is C10H18N2OS. The summed E-state index contributed by atoms with van der Waals surface area (Å²) in [6.07, 6.45) is 3.29. The Bertz CT molecular complexity index is 236. The van der Waals surface area contributed by atoms with Crippen LogP contribution >= 0.6 is 11.8 Å². The third-order valence-electron chi connectivity index (χ3n) is 1.78. The topological polar surface area (TPSA) is 38.1 Å². The first-order chi connectivity index (χ1) is 6.68. The summed E-state index contributed by atoms with van der Waals surface area (Å²) in [4.78, 5) is 4.06. The van der Waals surface area contributed by atoms with Crippen LogP contribution in [0.1, 0.15) is 20.8 Å². The Morgan fingerprint density at radius 2 is 2.29 bits per heavy atom. The van der Waals surface area contributed by atoms with Crippen LogP contribution in [0.25, 0.3) is 0 Å². The van der Waals surface area contributed by atoms with Crippen molar-refractivity contribution in [2.75, 3.05) is 12.3 Å². The molecule has 0 aliphatic carbocycles. The van der Waals surface area contributed by atoms with E-state index in [2.05, 4.69) is 31.1 Å². The van der Waals surface area contributed by atoms with E-state index in [1.807, 2.05) is 0 Å². The van der Waals surface area contributed by atoms with Gasteiger partial charge in [-0.25, -0.2) is 4.98 Å². The Morgan fingerprint density at radius 3 is 2.86 bits per heavy atom. The van der Waals surface area contributed by atoms with Gasteiger partial charge in [0.15, 0.2) is 0 Å². The maximum atomic E-state index is 5.14. The van der Waals surface area contributed by atoms with Gasteiger partial charge in [-0.3, -0.25) is 0 Å². The summed E-state index contributed by atoms with van der Waals surface area (Å²) >= 11 is 1.67. The van der Waals surface area contributed by atoms with Crippen LogP contribution < -0.4 is 5.32 Å². The normalized spacial score (nSPS) is 13.4. The van der Waals surface area contributed by atoms with Gasteiger partial charge in [-0.1, -0.05) is 32.5 Å². The van der Waals surface area contributed by atoms with Crippen LogP contribution in [0.15, 0.2) is 22.1 Å². The zero-order chi connectivity index (χ0) is 10.4. The fraction of sp³-hybridized carbons (Fsp3) is 0.700. The molecule has 1 unspecified atom stereocenters. The molecule has 0 fully saturated rings. The van der Waals surface area contributed by atoms with E-state index in [-0.39, 0.29) is 0 Å². The van der Waals surface area contributed by atoms with E-state index in [4.69, 9.17) is 4.42 Å². The van der Waals surface area contributed by atoms with Crippen molar-refractivity contribution in [3.05, 3.63) is 12.5 Å². The largest absolute Gasteiger partial charge is 0.440 e. The van der Waals surface area contributed by atoms with Crippen molar-refractivity contribution in [3.8, 4) is 0 Å². The Labute approximate surface area is 89.7 Å². The molecule has 4 heteroatoms. The average Bonchev–Trinajstić information content (AvgIpc) is 2.63. The minimum atomic E-state index is 0.559. The van der Waals surface area contributed by atoms with Crippen molar-refractivity contribution in [2.24, 2.45) is 5.92 Å². The van der Waals surface area contributed by atoms with Gasteiger partial charge >= 0.3 is 0 Å². The van der Waals surface area contributed by atoms with E-state index in [9.17, 15) is 0 Å². The number of hydrogen-bond acceptors (Lipinski definition) is 4. The summed E-state index contributed by atoms with van der Waals surface area (Å²) < 4.78 is 5.14. The molecule has 0 saturated carbocycles. The second kappa shape index (κ2) is 6.09. The lowest BCUT2D eigenvalue weighted by molar-refractivity contribution is 0.452. The van der Waals surface area contributed by atoms with Gasteiger partial charge in [0, 0.05) is 11.8 Å². The van der Waals surface area contributed by atoms with Gasteiger partial charge in [0.1, 0.15) is 6.26 Å². The number of thioether (sulfide) groups is 1. The monoisotopic (exact) mass is 214 g/mol. The van der Waals surface area contributed by atoms with Crippen LogP contribution in [0.4, 0.5) is 0 Å². The Balaban J connectivity index is 2.12. The van der Waals surface area contributed by atoms with Gasteiger partial charge in [-0.15, -0.1) is 0 Å². The fourth-order valence-corrected chi connectivity index (χ4v) is 1.79. The number of oxazole rings is 1. The number of nitrogens with one attached hydrogen (secondary N) is 1. The third-order valence-corrected chi connectivity index (χ3v) is 2.96. The summed E-state index contributed by atoms with van der Waals surface area (Å²) in [7, 11) is 0. The number of nitrogens with zero attached hydrogens (tertiary/aromatic N) is 1. The quantitative estimate of drug-likeness (QED) is 0.738. The Hall–Kier alpha value is -0.480. The summed E-state index contributed by atoms with van der Waals surface area (Å²) in [5, 5.41) is 4.18. The highest BCUT2D eigenvalue weighted by Gasteiger charge is 2.05. The number of hydrogen-bond donors (Lipinski definition) is 1. The predicted molar refractivity (Wildman–Crippen MR) is 59.5 cm³/mol. The molecule has 80 valence electrons. The van der Waals surface area contributed by atoms with Crippen LogP contribution in [0.2, 0.25) is 0 Å². The molecule has 0 bridgehead atoms. The van der Waals surface area contributed by atoms with Crippen LogP contribution in [0, 0.1) is 5.92 Å². The second-order valence-corrected chi connectivity index (χ2v) is 4.75. The molecule has 0 saturated heterocycles. The first-order valence-corrected chi connectivity index (χ1v) is 5.92. The molecule has 0 radical (unpaired) electrons. The fourth-order valence-electron chi connectivity index (χ4n) is 0.991. The Kier molecular flexibility index (Phi) is 5.04. The van der Waals surface area contributed by atoms with Crippen LogP contribution in [0.5, 0.6) is 0 Å². The molecule has 0 spiro atoms. The van der Waals surface area contributed by atoms with Crippen molar-refractivity contribution in [2.45, 2.75) is 32.0 Å². The molecule has 1 N–H and O–H groups in total. The minimum absolute atomic E-state index is 0.559. The molecule has 1 rings (SSSR count). The van der Waals surface area contributed by atoms with Crippen LogP contribution in [0.3, 0.4) is 0 Å². The molecule has 1 atom stereocenters. The molecule has 0 aromatic carbocycles. The maximum absolute atomic E-state index is 5.14. The smallest absolute Gasteiger partial charge is 0.255 e. The van der Waals surface area contributed by atoms with Crippen LogP contribution in [-0.4, -0.2) is 23.3 Å². The van der Waals surface area contributed by atoms with E-state index in [0.717, 1.165) is 17.5 Å². The molecule has 1 heterocycles. The van der Waals surface area contributed by atoms with Gasteiger partial charge in [-0.05, 0) is 12.5 Å². The van der Waals surface area contributed by atoms with Crippen LogP contribution in [-0.2, 0) is 0 Å². The van der Waals surface area contributed by atoms with E-state index >= 15 is 0 Å². The van der Waals surface area contributed by atoms with Crippen molar-refractivity contribution in [1.29, 1.82) is 0 Å². The standard InChI is InChI=1S/C10H18N2OS/c1-8(2)12-6-9(3)7-14-10-11-4-5-13-10/h4-5,8-9,12H,6-7H2,1-3H3. The van der Waals surface area contributed by atoms with Crippen molar-refractivity contribution in [1.82, 2.24) is 10.3 Å². The second-order valence-electron chi connectivity index (χ2n) is 3.78. The lowest BCUT2D eigenvalue weighted by atomic mass is 10.2. The summed E-state index contributed by atoms with van der Waals surface area (Å²) in [6, 6.07) is 0.559. The SMILES string of the molecule is CC(CNC(C)C)CSc1ncco1. The highest BCUT2D eigenvalue weighted by atomic mass is 32.2. The maximum Gasteiger partial charge on any atom is 0.255 e. The summed E-state index contributed by atoms with van der Waals surface area (Å²) in [5.41, 5.74) is 0. The average molecular weight is 214 g/mol. The van der Waals surface area contributed by atoms with E-state index in [0.29, 0.717) is 12.0 Å². The first kappa shape index (κ1) is 11.6. The van der Waals surface area contributed by atoms with Crippen molar-refractivity contribution < 1.29 is 4.42 Å². The van der Waals surface area contributed by atoms with E-state index < -0.39 is 0 Å². The highest BCUT2D eigenvalue weighted by Crippen LogP contribution is 2.17. The lowest BCUT2D eigenvalue weighted by Crippen LogP contribution is -2.28. The van der Waals surface area contributed by atoms with Gasteiger partial charge < -0.3 is 9.73 Å². The molecule has 0 amide bonds. The lowest BCUT2D eigenvalue weighted by Gasteiger charge is -2.13. The zero-order valence-electron chi connectivity index (χ0n) is 8.99. The highest BCUT2D eigenvalue weighted by molar-refractivity contribution is 7.99. The van der Waals surface area contributed by atoms with Gasteiger partial charge in [0.25, 0.3) is 5.22 Å². The number of aromatic nitrogens is 1. The summed E-state index contributed by atoms with van der Waals surface area (Å²) in [5.74, 6) is 1.68. The summed E-state index contributed by atoms with van der Waals surface area (Å²) in [6.45, 7) is 7.60. The molecule has 0 aliphatic rings. The van der Waals surface area contributed by atoms with E-state index in [1.54, 1.807) is 24.2 Å².